The topological polar surface area (TPSA) is 71.5 Å². The highest BCUT2D eigenvalue weighted by Gasteiger charge is 2.08. The Bertz CT molecular complexity index is 592. The van der Waals surface area contributed by atoms with E-state index in [4.69, 9.17) is 10.3 Å². The van der Waals surface area contributed by atoms with Gasteiger partial charge in [-0.15, -0.1) is 0 Å². The molecule has 1 amide bonds. The monoisotopic (exact) mass is 273 g/mol. The summed E-state index contributed by atoms with van der Waals surface area (Å²) in [6.45, 7) is 3.50. The number of aryl methyl sites for hydroxylation is 1. The second kappa shape index (κ2) is 6.36. The third-order valence-corrected chi connectivity index (χ3v) is 3.18. The number of carbonyl (C=O) groups is 1. The fourth-order valence-electron chi connectivity index (χ4n) is 2.13. The predicted octanol–water partition coefficient (Wildman–Crippen LogP) is 1.82. The van der Waals surface area contributed by atoms with E-state index >= 15 is 0 Å². The van der Waals surface area contributed by atoms with E-state index in [0.717, 1.165) is 24.4 Å². The summed E-state index contributed by atoms with van der Waals surface area (Å²) in [4.78, 5) is 13.7. The molecule has 1 aromatic heterocycles. The maximum absolute atomic E-state index is 11.5. The molecule has 1 aromatic carbocycles. The molecule has 0 aliphatic rings. The molecule has 2 aromatic rings. The van der Waals surface area contributed by atoms with Crippen LogP contribution in [-0.2, 0) is 13.1 Å². The molecule has 5 nitrogen and oxygen atoms in total. The average Bonchev–Trinajstić information content (AvgIpc) is 2.83. The predicted molar refractivity (Wildman–Crippen MR) is 76.7 cm³/mol. The summed E-state index contributed by atoms with van der Waals surface area (Å²) in [5, 5.41) is 0. The molecule has 0 bridgehead atoms. The number of furan rings is 1. The van der Waals surface area contributed by atoms with Crippen LogP contribution in [-0.4, -0.2) is 17.9 Å². The first-order chi connectivity index (χ1) is 9.60. The van der Waals surface area contributed by atoms with Crippen molar-refractivity contribution in [1.82, 2.24) is 10.3 Å². The van der Waals surface area contributed by atoms with Gasteiger partial charge >= 0.3 is 0 Å². The molecule has 106 valence electrons. The SMILES string of the molecule is Cc1occc1CN(C)Cc1cccc(C(=O)NN)c1. The van der Waals surface area contributed by atoms with Crippen LogP contribution in [0.2, 0.25) is 0 Å². The number of rotatable bonds is 5. The summed E-state index contributed by atoms with van der Waals surface area (Å²) in [5.74, 6) is 5.80. The van der Waals surface area contributed by atoms with Crippen molar-refractivity contribution in [2.24, 2.45) is 5.84 Å². The Morgan fingerprint density at radius 1 is 1.35 bits per heavy atom. The molecule has 0 atom stereocenters. The largest absolute Gasteiger partial charge is 0.469 e. The first-order valence-electron chi connectivity index (χ1n) is 6.41. The fourth-order valence-corrected chi connectivity index (χ4v) is 2.13. The van der Waals surface area contributed by atoms with Gasteiger partial charge in [0.15, 0.2) is 0 Å². The number of nitrogens with zero attached hydrogens (tertiary/aromatic N) is 1. The van der Waals surface area contributed by atoms with E-state index in [-0.39, 0.29) is 5.91 Å². The molecular weight excluding hydrogens is 254 g/mol. The number of hydrogen-bond donors (Lipinski definition) is 2. The highest BCUT2D eigenvalue weighted by molar-refractivity contribution is 5.93. The molecule has 1 heterocycles. The molecule has 20 heavy (non-hydrogen) atoms. The Hall–Kier alpha value is -2.11. The number of hydrogen-bond acceptors (Lipinski definition) is 4. The van der Waals surface area contributed by atoms with E-state index in [1.807, 2.05) is 38.2 Å². The second-order valence-corrected chi connectivity index (χ2v) is 4.85. The summed E-state index contributed by atoms with van der Waals surface area (Å²) < 4.78 is 5.29. The van der Waals surface area contributed by atoms with Crippen molar-refractivity contribution >= 4 is 5.91 Å². The van der Waals surface area contributed by atoms with Crippen LogP contribution in [0, 0.1) is 6.92 Å². The maximum Gasteiger partial charge on any atom is 0.265 e. The maximum atomic E-state index is 11.5. The van der Waals surface area contributed by atoms with Crippen molar-refractivity contribution in [3.8, 4) is 0 Å². The van der Waals surface area contributed by atoms with E-state index in [1.54, 1.807) is 12.3 Å². The molecule has 0 unspecified atom stereocenters. The number of amides is 1. The number of nitrogen functional groups attached to an aromatic ring is 1. The highest BCUT2D eigenvalue weighted by atomic mass is 16.3. The zero-order valence-electron chi connectivity index (χ0n) is 11.7. The molecule has 0 aliphatic heterocycles. The minimum absolute atomic E-state index is 0.278. The van der Waals surface area contributed by atoms with E-state index in [2.05, 4.69) is 10.3 Å². The molecule has 2 rings (SSSR count). The summed E-state index contributed by atoms with van der Waals surface area (Å²) in [6, 6.07) is 9.42. The standard InChI is InChI=1S/C15H19N3O2/c1-11-14(6-7-20-11)10-18(2)9-12-4-3-5-13(8-12)15(19)17-16/h3-8H,9-10,16H2,1-2H3,(H,17,19). The molecule has 3 N–H and O–H groups in total. The summed E-state index contributed by atoms with van der Waals surface area (Å²) >= 11 is 0. The van der Waals surface area contributed by atoms with Crippen molar-refractivity contribution in [1.29, 1.82) is 0 Å². The Morgan fingerprint density at radius 3 is 2.80 bits per heavy atom. The minimum Gasteiger partial charge on any atom is -0.469 e. The number of nitrogens with two attached hydrogens (primary N) is 1. The van der Waals surface area contributed by atoms with Gasteiger partial charge in [0.05, 0.1) is 6.26 Å². The van der Waals surface area contributed by atoms with Crippen LogP contribution in [0.5, 0.6) is 0 Å². The summed E-state index contributed by atoms with van der Waals surface area (Å²) in [6.07, 6.45) is 1.70. The van der Waals surface area contributed by atoms with E-state index < -0.39 is 0 Å². The van der Waals surface area contributed by atoms with Gasteiger partial charge in [-0.05, 0) is 37.7 Å². The molecule has 0 spiro atoms. The molecule has 0 radical (unpaired) electrons. The van der Waals surface area contributed by atoms with Gasteiger partial charge < -0.3 is 4.42 Å². The first kappa shape index (κ1) is 14.3. The van der Waals surface area contributed by atoms with Gasteiger partial charge in [-0.3, -0.25) is 15.1 Å². The molecule has 0 aliphatic carbocycles. The van der Waals surface area contributed by atoms with Gasteiger partial charge in [-0.1, -0.05) is 12.1 Å². The van der Waals surface area contributed by atoms with E-state index in [9.17, 15) is 4.79 Å². The first-order valence-corrected chi connectivity index (χ1v) is 6.41. The lowest BCUT2D eigenvalue weighted by atomic mass is 10.1. The molecule has 5 heteroatoms. The second-order valence-electron chi connectivity index (χ2n) is 4.85. The fraction of sp³-hybridized carbons (Fsp3) is 0.267. The Balaban J connectivity index is 2.02. The van der Waals surface area contributed by atoms with Crippen LogP contribution >= 0.6 is 0 Å². The van der Waals surface area contributed by atoms with Gasteiger partial charge in [-0.25, -0.2) is 5.84 Å². The average molecular weight is 273 g/mol. The van der Waals surface area contributed by atoms with Crippen molar-refractivity contribution in [3.63, 3.8) is 0 Å². The third kappa shape index (κ3) is 3.46. The molecule has 0 saturated heterocycles. The van der Waals surface area contributed by atoms with Gasteiger partial charge in [-0.2, -0.15) is 0 Å². The minimum atomic E-state index is -0.278. The number of benzene rings is 1. The summed E-state index contributed by atoms with van der Waals surface area (Å²) in [7, 11) is 2.03. The van der Waals surface area contributed by atoms with E-state index in [0.29, 0.717) is 5.56 Å². The van der Waals surface area contributed by atoms with Crippen LogP contribution in [0.15, 0.2) is 41.0 Å². The highest BCUT2D eigenvalue weighted by Crippen LogP contribution is 2.13. The van der Waals surface area contributed by atoms with Gasteiger partial charge in [0, 0.05) is 24.2 Å². The Labute approximate surface area is 118 Å². The lowest BCUT2D eigenvalue weighted by Crippen LogP contribution is -2.30. The Morgan fingerprint density at radius 2 is 2.15 bits per heavy atom. The van der Waals surface area contributed by atoms with Crippen LogP contribution in [0.25, 0.3) is 0 Å². The van der Waals surface area contributed by atoms with Gasteiger partial charge in [0.2, 0.25) is 0 Å². The van der Waals surface area contributed by atoms with Crippen LogP contribution in [0.1, 0.15) is 27.2 Å². The summed E-state index contributed by atoms with van der Waals surface area (Å²) in [5.41, 5.74) is 4.94. The van der Waals surface area contributed by atoms with Crippen molar-refractivity contribution in [2.45, 2.75) is 20.0 Å². The van der Waals surface area contributed by atoms with Crippen molar-refractivity contribution in [3.05, 3.63) is 59.0 Å². The molecule has 0 saturated carbocycles. The lowest BCUT2D eigenvalue weighted by molar-refractivity contribution is 0.0953. The normalized spacial score (nSPS) is 10.8. The van der Waals surface area contributed by atoms with Crippen LogP contribution < -0.4 is 11.3 Å². The quantitative estimate of drug-likeness (QED) is 0.495. The number of carbonyl (C=O) groups excluding carboxylic acids is 1. The number of hydrazine groups is 1. The number of nitrogens with one attached hydrogen (secondary N) is 1. The van der Waals surface area contributed by atoms with Gasteiger partial charge in [0.25, 0.3) is 5.91 Å². The third-order valence-electron chi connectivity index (χ3n) is 3.18. The van der Waals surface area contributed by atoms with Crippen LogP contribution in [0.3, 0.4) is 0 Å². The Kier molecular flexibility index (Phi) is 4.55. The smallest absolute Gasteiger partial charge is 0.265 e. The molecule has 0 fully saturated rings. The lowest BCUT2D eigenvalue weighted by Gasteiger charge is -2.16. The van der Waals surface area contributed by atoms with Crippen molar-refractivity contribution in [2.75, 3.05) is 7.05 Å². The zero-order chi connectivity index (χ0) is 14.5. The van der Waals surface area contributed by atoms with Crippen LogP contribution in [0.4, 0.5) is 0 Å². The van der Waals surface area contributed by atoms with E-state index in [1.165, 1.54) is 5.56 Å². The van der Waals surface area contributed by atoms with Crippen molar-refractivity contribution < 1.29 is 9.21 Å². The zero-order valence-corrected chi connectivity index (χ0v) is 11.7. The van der Waals surface area contributed by atoms with Gasteiger partial charge in [0.1, 0.15) is 5.76 Å². The molecular formula is C15H19N3O2.